The molecule has 0 aliphatic carbocycles. The molecular weight excluding hydrogens is 442 g/mol. The Morgan fingerprint density at radius 1 is 1.00 bits per heavy atom. The van der Waals surface area contributed by atoms with Crippen molar-refractivity contribution >= 4 is 59.4 Å². The van der Waals surface area contributed by atoms with Crippen LogP contribution >= 0.6 is 47.8 Å². The molecule has 0 saturated carbocycles. The van der Waals surface area contributed by atoms with E-state index in [1.54, 1.807) is 18.2 Å². The van der Waals surface area contributed by atoms with Gasteiger partial charge in [-0.25, -0.2) is 0 Å². The number of anilines is 1. The summed E-state index contributed by atoms with van der Waals surface area (Å²) in [6.07, 6.45) is 0. The molecule has 0 unspecified atom stereocenters. The Kier molecular flexibility index (Phi) is 4.65. The lowest BCUT2D eigenvalue weighted by molar-refractivity contribution is 0.102. The molecule has 2 N–H and O–H groups in total. The molecule has 0 atom stereocenters. The predicted molar refractivity (Wildman–Crippen MR) is 85.6 cm³/mol. The minimum Gasteiger partial charge on any atom is -0.507 e. The normalized spacial score (nSPS) is 10.3. The quantitative estimate of drug-likeness (QED) is 0.682. The highest BCUT2D eigenvalue weighted by molar-refractivity contribution is 9.11. The summed E-state index contributed by atoms with van der Waals surface area (Å²) in [5, 5.41) is 12.5. The van der Waals surface area contributed by atoms with Crippen LogP contribution < -0.4 is 5.32 Å². The van der Waals surface area contributed by atoms with Gasteiger partial charge < -0.3 is 10.4 Å². The van der Waals surface area contributed by atoms with Crippen LogP contribution in [0.2, 0.25) is 0 Å². The van der Waals surface area contributed by atoms with Gasteiger partial charge in [-0.1, -0.05) is 31.9 Å². The molecule has 0 aliphatic rings. The number of carbonyl (C=O) groups is 1. The molecule has 0 saturated heterocycles. The second-order valence-corrected chi connectivity index (χ2v) is 6.43. The van der Waals surface area contributed by atoms with Gasteiger partial charge in [-0.2, -0.15) is 0 Å². The standard InChI is InChI=1S/C13H8Br3NO2/c14-7-2-4-10(16)11(5-7)17-13(19)9-3-1-8(15)6-12(9)18/h1-6,18H,(H,17,19). The van der Waals surface area contributed by atoms with Crippen molar-refractivity contribution in [2.24, 2.45) is 0 Å². The van der Waals surface area contributed by atoms with E-state index in [1.807, 2.05) is 12.1 Å². The molecule has 3 nitrogen and oxygen atoms in total. The van der Waals surface area contributed by atoms with Crippen LogP contribution in [0.25, 0.3) is 0 Å². The number of aromatic hydroxyl groups is 1. The molecule has 2 aromatic rings. The van der Waals surface area contributed by atoms with Crippen molar-refractivity contribution in [1.29, 1.82) is 0 Å². The largest absolute Gasteiger partial charge is 0.507 e. The molecule has 0 heterocycles. The number of hydrogen-bond donors (Lipinski definition) is 2. The van der Waals surface area contributed by atoms with Crippen LogP contribution in [0.3, 0.4) is 0 Å². The molecule has 6 heteroatoms. The van der Waals surface area contributed by atoms with Crippen molar-refractivity contribution in [3.05, 3.63) is 55.4 Å². The number of hydrogen-bond acceptors (Lipinski definition) is 2. The van der Waals surface area contributed by atoms with Crippen LogP contribution in [0.1, 0.15) is 10.4 Å². The zero-order valence-corrected chi connectivity index (χ0v) is 14.2. The summed E-state index contributed by atoms with van der Waals surface area (Å²) in [5.41, 5.74) is 0.844. The lowest BCUT2D eigenvalue weighted by atomic mass is 10.2. The molecule has 0 spiro atoms. The van der Waals surface area contributed by atoms with E-state index in [4.69, 9.17) is 0 Å². The maximum absolute atomic E-state index is 12.1. The van der Waals surface area contributed by atoms with Crippen LogP contribution in [0.4, 0.5) is 5.69 Å². The van der Waals surface area contributed by atoms with E-state index in [9.17, 15) is 9.90 Å². The van der Waals surface area contributed by atoms with E-state index < -0.39 is 0 Å². The van der Waals surface area contributed by atoms with Gasteiger partial charge in [-0.3, -0.25) is 4.79 Å². The highest BCUT2D eigenvalue weighted by Gasteiger charge is 2.13. The van der Waals surface area contributed by atoms with Gasteiger partial charge >= 0.3 is 0 Å². The molecule has 1 amide bonds. The summed E-state index contributed by atoms with van der Waals surface area (Å²) < 4.78 is 2.33. The van der Waals surface area contributed by atoms with Crippen molar-refractivity contribution in [2.75, 3.05) is 5.32 Å². The fraction of sp³-hybridized carbons (Fsp3) is 0. The summed E-state index contributed by atoms with van der Waals surface area (Å²) in [6.45, 7) is 0. The summed E-state index contributed by atoms with van der Waals surface area (Å²) in [4.78, 5) is 12.1. The van der Waals surface area contributed by atoms with E-state index in [-0.39, 0.29) is 17.2 Å². The number of rotatable bonds is 2. The monoisotopic (exact) mass is 447 g/mol. The van der Waals surface area contributed by atoms with Gasteiger partial charge in [0.05, 0.1) is 11.3 Å². The molecule has 0 radical (unpaired) electrons. The number of benzene rings is 2. The second-order valence-electron chi connectivity index (χ2n) is 3.74. The predicted octanol–water partition coefficient (Wildman–Crippen LogP) is 4.93. The van der Waals surface area contributed by atoms with Crippen LogP contribution in [-0.2, 0) is 0 Å². The minimum atomic E-state index is -0.371. The third kappa shape index (κ3) is 3.58. The topological polar surface area (TPSA) is 49.3 Å². The first-order valence-corrected chi connectivity index (χ1v) is 7.60. The second kappa shape index (κ2) is 6.07. The van der Waals surface area contributed by atoms with E-state index >= 15 is 0 Å². The summed E-state index contributed by atoms with van der Waals surface area (Å²) >= 11 is 9.92. The van der Waals surface area contributed by atoms with E-state index in [0.717, 1.165) is 8.95 Å². The maximum atomic E-state index is 12.1. The van der Waals surface area contributed by atoms with Gasteiger partial charge in [0.2, 0.25) is 0 Å². The van der Waals surface area contributed by atoms with E-state index in [2.05, 4.69) is 53.1 Å². The van der Waals surface area contributed by atoms with E-state index in [0.29, 0.717) is 10.2 Å². The fourth-order valence-electron chi connectivity index (χ4n) is 1.48. The molecule has 0 fully saturated rings. The fourth-order valence-corrected chi connectivity index (χ4v) is 2.54. The number of phenols is 1. The zero-order valence-electron chi connectivity index (χ0n) is 9.45. The lowest BCUT2D eigenvalue weighted by Crippen LogP contribution is -2.12. The third-order valence-electron chi connectivity index (χ3n) is 2.38. The zero-order chi connectivity index (χ0) is 14.0. The molecule has 2 rings (SSSR count). The lowest BCUT2D eigenvalue weighted by Gasteiger charge is -2.09. The average molecular weight is 450 g/mol. The van der Waals surface area contributed by atoms with Crippen LogP contribution in [0.15, 0.2) is 49.8 Å². The average Bonchev–Trinajstić information content (AvgIpc) is 2.33. The van der Waals surface area contributed by atoms with Gasteiger partial charge in [-0.05, 0) is 52.3 Å². The van der Waals surface area contributed by atoms with E-state index in [1.165, 1.54) is 6.07 Å². The first kappa shape index (κ1) is 14.6. The molecule has 98 valence electrons. The number of amides is 1. The van der Waals surface area contributed by atoms with Crippen LogP contribution in [0, 0.1) is 0 Å². The van der Waals surface area contributed by atoms with Crippen molar-refractivity contribution in [3.63, 3.8) is 0 Å². The van der Waals surface area contributed by atoms with Gasteiger partial charge in [0, 0.05) is 13.4 Å². The molecule has 0 aliphatic heterocycles. The van der Waals surface area contributed by atoms with Gasteiger partial charge in [0.1, 0.15) is 5.75 Å². The number of phenolic OH excluding ortho intramolecular Hbond substituents is 1. The first-order valence-electron chi connectivity index (χ1n) is 5.22. The summed E-state index contributed by atoms with van der Waals surface area (Å²) in [6, 6.07) is 10.2. The Morgan fingerprint density at radius 3 is 2.32 bits per heavy atom. The number of carbonyl (C=O) groups excluding carboxylic acids is 1. The number of halogens is 3. The minimum absolute atomic E-state index is 0.0713. The van der Waals surface area contributed by atoms with Gasteiger partial charge in [0.15, 0.2) is 0 Å². The summed E-state index contributed by atoms with van der Waals surface area (Å²) in [7, 11) is 0. The Balaban J connectivity index is 2.28. The Hall–Kier alpha value is -0.850. The van der Waals surface area contributed by atoms with Crippen molar-refractivity contribution in [1.82, 2.24) is 0 Å². The highest BCUT2D eigenvalue weighted by Crippen LogP contribution is 2.28. The molecule has 0 bridgehead atoms. The van der Waals surface area contributed by atoms with Crippen molar-refractivity contribution < 1.29 is 9.90 Å². The van der Waals surface area contributed by atoms with Gasteiger partial charge in [0.25, 0.3) is 5.91 Å². The molecule has 2 aromatic carbocycles. The van der Waals surface area contributed by atoms with Crippen molar-refractivity contribution in [3.8, 4) is 5.75 Å². The third-order valence-corrected chi connectivity index (χ3v) is 4.06. The van der Waals surface area contributed by atoms with Crippen molar-refractivity contribution in [2.45, 2.75) is 0 Å². The summed E-state index contributed by atoms with van der Waals surface area (Å²) in [5.74, 6) is -0.443. The Morgan fingerprint density at radius 2 is 1.63 bits per heavy atom. The smallest absolute Gasteiger partial charge is 0.259 e. The molecule has 0 aromatic heterocycles. The molecule has 19 heavy (non-hydrogen) atoms. The maximum Gasteiger partial charge on any atom is 0.259 e. The first-order chi connectivity index (χ1) is 8.97. The Bertz CT molecular complexity index is 644. The highest BCUT2D eigenvalue weighted by atomic mass is 79.9. The van der Waals surface area contributed by atoms with Crippen LogP contribution in [0.5, 0.6) is 5.75 Å². The van der Waals surface area contributed by atoms with Gasteiger partial charge in [-0.15, -0.1) is 0 Å². The number of nitrogens with one attached hydrogen (secondary N) is 1. The SMILES string of the molecule is O=C(Nc1cc(Br)ccc1Br)c1ccc(Br)cc1O. The van der Waals surface area contributed by atoms with Crippen LogP contribution in [-0.4, -0.2) is 11.0 Å². The Labute approximate surface area is 135 Å². The molecular formula is C13H8Br3NO2.